The molecule has 1 fully saturated rings. The van der Waals surface area contributed by atoms with Crippen LogP contribution in [-0.4, -0.2) is 38.1 Å². The molecule has 0 radical (unpaired) electrons. The first-order valence-electron chi connectivity index (χ1n) is 12.6. The van der Waals surface area contributed by atoms with Crippen LogP contribution in [0.4, 0.5) is 11.4 Å². The van der Waals surface area contributed by atoms with Gasteiger partial charge in [0.2, 0.25) is 0 Å². The number of nitrogens with one attached hydrogen (secondary N) is 2. The summed E-state index contributed by atoms with van der Waals surface area (Å²) in [5.74, 6) is 1.51. The fourth-order valence-electron chi connectivity index (χ4n) is 3.95. The average molecular weight is 466 g/mol. The Kier molecular flexibility index (Phi) is 9.37. The number of hydrogen-bond donors (Lipinski definition) is 2. The van der Waals surface area contributed by atoms with E-state index in [2.05, 4.69) is 43.2 Å². The molecular formula is C28H39N3O3. The summed E-state index contributed by atoms with van der Waals surface area (Å²) >= 11 is 0. The second-order valence-corrected chi connectivity index (χ2v) is 9.69. The summed E-state index contributed by atoms with van der Waals surface area (Å²) in [5, 5.41) is 5.98. The number of anilines is 2. The molecule has 3 rings (SSSR count). The van der Waals surface area contributed by atoms with Gasteiger partial charge in [-0.1, -0.05) is 34.1 Å². The smallest absolute Gasteiger partial charge is 0.255 e. The predicted molar refractivity (Wildman–Crippen MR) is 139 cm³/mol. The van der Waals surface area contributed by atoms with Gasteiger partial charge in [0.05, 0.1) is 12.2 Å². The van der Waals surface area contributed by atoms with E-state index < -0.39 is 0 Å². The van der Waals surface area contributed by atoms with Crippen molar-refractivity contribution in [2.75, 3.05) is 36.5 Å². The first-order chi connectivity index (χ1) is 16.4. The second-order valence-electron chi connectivity index (χ2n) is 9.69. The lowest BCUT2D eigenvalue weighted by molar-refractivity contribution is 0.0948. The summed E-state index contributed by atoms with van der Waals surface area (Å²) < 4.78 is 5.68. The molecule has 0 atom stereocenters. The number of benzene rings is 2. The molecule has 6 heteroatoms. The van der Waals surface area contributed by atoms with E-state index in [1.807, 2.05) is 24.3 Å². The number of amides is 2. The number of rotatable bonds is 10. The number of hydrogen-bond acceptors (Lipinski definition) is 4. The highest BCUT2D eigenvalue weighted by Gasteiger charge is 2.22. The molecule has 0 spiro atoms. The highest BCUT2D eigenvalue weighted by Crippen LogP contribution is 2.29. The fourth-order valence-corrected chi connectivity index (χ4v) is 3.95. The normalized spacial score (nSPS) is 14.2. The van der Waals surface area contributed by atoms with Crippen molar-refractivity contribution in [3.05, 3.63) is 53.6 Å². The van der Waals surface area contributed by atoms with E-state index >= 15 is 0 Å². The zero-order chi connectivity index (χ0) is 24.5. The standard InChI is InChI=1S/C28H39N3O3/c1-5-6-17-34-24-10-7-22(8-11-24)27(32)30-23-9-12-26(31-15-13-21(4)14-16-31)25(18-23)28(33)29-19-20(2)3/h7-12,18,20-21H,5-6,13-17,19H2,1-4H3,(H,29,33)(H,30,32). The third-order valence-corrected chi connectivity index (χ3v) is 6.18. The van der Waals surface area contributed by atoms with Crippen LogP contribution in [0.2, 0.25) is 0 Å². The van der Waals surface area contributed by atoms with Crippen molar-refractivity contribution in [2.24, 2.45) is 11.8 Å². The molecule has 1 heterocycles. The van der Waals surface area contributed by atoms with Crippen LogP contribution in [0.3, 0.4) is 0 Å². The maximum atomic E-state index is 13.1. The molecule has 2 amide bonds. The minimum Gasteiger partial charge on any atom is -0.494 e. The number of carbonyl (C=O) groups is 2. The van der Waals surface area contributed by atoms with Gasteiger partial charge in [0.25, 0.3) is 11.8 Å². The molecular weight excluding hydrogens is 426 g/mol. The van der Waals surface area contributed by atoms with Gasteiger partial charge in [-0.15, -0.1) is 0 Å². The van der Waals surface area contributed by atoms with Crippen molar-refractivity contribution in [3.8, 4) is 5.75 Å². The second kappa shape index (κ2) is 12.4. The topological polar surface area (TPSA) is 70.7 Å². The Morgan fingerprint density at radius 3 is 2.41 bits per heavy atom. The molecule has 0 aromatic heterocycles. The first-order valence-corrected chi connectivity index (χ1v) is 12.6. The van der Waals surface area contributed by atoms with Crippen LogP contribution in [0.25, 0.3) is 0 Å². The summed E-state index contributed by atoms with van der Waals surface area (Å²) in [6, 6.07) is 12.8. The van der Waals surface area contributed by atoms with Crippen LogP contribution in [0.5, 0.6) is 5.75 Å². The highest BCUT2D eigenvalue weighted by molar-refractivity contribution is 6.06. The van der Waals surface area contributed by atoms with Gasteiger partial charge in [-0.3, -0.25) is 9.59 Å². The molecule has 1 aliphatic rings. The Hall–Kier alpha value is -3.02. The van der Waals surface area contributed by atoms with E-state index in [1.54, 1.807) is 18.2 Å². The van der Waals surface area contributed by atoms with E-state index in [1.165, 1.54) is 0 Å². The van der Waals surface area contributed by atoms with Gasteiger partial charge in [-0.05, 0) is 73.6 Å². The molecule has 0 saturated carbocycles. The Labute approximate surface area is 204 Å². The van der Waals surface area contributed by atoms with Crippen molar-refractivity contribution in [1.29, 1.82) is 0 Å². The molecule has 2 aromatic rings. The van der Waals surface area contributed by atoms with Gasteiger partial charge in [-0.2, -0.15) is 0 Å². The molecule has 0 unspecified atom stereocenters. The summed E-state index contributed by atoms with van der Waals surface area (Å²) in [4.78, 5) is 28.2. The summed E-state index contributed by atoms with van der Waals surface area (Å²) in [6.07, 6.45) is 4.31. The van der Waals surface area contributed by atoms with Gasteiger partial charge < -0.3 is 20.3 Å². The van der Waals surface area contributed by atoms with E-state index in [0.717, 1.165) is 50.2 Å². The average Bonchev–Trinajstić information content (AvgIpc) is 2.83. The van der Waals surface area contributed by atoms with E-state index in [-0.39, 0.29) is 11.8 Å². The van der Waals surface area contributed by atoms with Crippen LogP contribution in [0.15, 0.2) is 42.5 Å². The maximum absolute atomic E-state index is 13.1. The van der Waals surface area contributed by atoms with Crippen molar-refractivity contribution >= 4 is 23.2 Å². The number of carbonyl (C=O) groups excluding carboxylic acids is 2. The molecule has 1 saturated heterocycles. The van der Waals surface area contributed by atoms with E-state index in [0.29, 0.717) is 41.8 Å². The summed E-state index contributed by atoms with van der Waals surface area (Å²) in [5.41, 5.74) is 2.69. The Morgan fingerprint density at radius 1 is 1.06 bits per heavy atom. The van der Waals surface area contributed by atoms with Crippen LogP contribution >= 0.6 is 0 Å². The van der Waals surface area contributed by atoms with Gasteiger partial charge in [0, 0.05) is 36.6 Å². The van der Waals surface area contributed by atoms with Crippen molar-refractivity contribution < 1.29 is 14.3 Å². The van der Waals surface area contributed by atoms with Crippen molar-refractivity contribution in [2.45, 2.75) is 53.4 Å². The Bertz CT molecular complexity index is 948. The lowest BCUT2D eigenvalue weighted by Gasteiger charge is -2.33. The maximum Gasteiger partial charge on any atom is 0.255 e. The Balaban J connectivity index is 1.75. The monoisotopic (exact) mass is 465 g/mol. The summed E-state index contributed by atoms with van der Waals surface area (Å²) in [7, 11) is 0. The molecule has 0 aliphatic carbocycles. The zero-order valence-corrected chi connectivity index (χ0v) is 21.0. The zero-order valence-electron chi connectivity index (χ0n) is 21.0. The minimum atomic E-state index is -0.215. The summed E-state index contributed by atoms with van der Waals surface area (Å²) in [6.45, 7) is 11.7. The van der Waals surface area contributed by atoms with Crippen LogP contribution < -0.4 is 20.3 Å². The molecule has 184 valence electrons. The van der Waals surface area contributed by atoms with Crippen molar-refractivity contribution in [1.82, 2.24) is 5.32 Å². The lowest BCUT2D eigenvalue weighted by atomic mass is 9.97. The fraction of sp³-hybridized carbons (Fsp3) is 0.500. The van der Waals surface area contributed by atoms with Gasteiger partial charge >= 0.3 is 0 Å². The number of ether oxygens (including phenoxy) is 1. The Morgan fingerprint density at radius 2 is 1.76 bits per heavy atom. The molecule has 0 bridgehead atoms. The molecule has 34 heavy (non-hydrogen) atoms. The predicted octanol–water partition coefficient (Wildman–Crippen LogP) is 5.74. The molecule has 2 N–H and O–H groups in total. The number of unbranched alkanes of at least 4 members (excludes halogenated alkanes) is 1. The van der Waals surface area contributed by atoms with E-state index in [9.17, 15) is 9.59 Å². The molecule has 2 aromatic carbocycles. The number of nitrogens with zero attached hydrogens (tertiary/aromatic N) is 1. The third-order valence-electron chi connectivity index (χ3n) is 6.18. The van der Waals surface area contributed by atoms with Gasteiger partial charge in [-0.25, -0.2) is 0 Å². The van der Waals surface area contributed by atoms with Crippen LogP contribution in [0.1, 0.15) is 74.1 Å². The van der Waals surface area contributed by atoms with Crippen LogP contribution in [-0.2, 0) is 0 Å². The molecule has 1 aliphatic heterocycles. The van der Waals surface area contributed by atoms with Crippen LogP contribution in [0, 0.1) is 11.8 Å². The molecule has 6 nitrogen and oxygen atoms in total. The van der Waals surface area contributed by atoms with E-state index in [4.69, 9.17) is 4.74 Å². The largest absolute Gasteiger partial charge is 0.494 e. The van der Waals surface area contributed by atoms with Crippen molar-refractivity contribution in [3.63, 3.8) is 0 Å². The van der Waals surface area contributed by atoms with Gasteiger partial charge in [0.1, 0.15) is 5.75 Å². The third kappa shape index (κ3) is 7.24. The quantitative estimate of drug-likeness (QED) is 0.439. The minimum absolute atomic E-state index is 0.105. The SMILES string of the molecule is CCCCOc1ccc(C(=O)Nc2ccc(N3CCC(C)CC3)c(C(=O)NCC(C)C)c2)cc1. The van der Waals surface area contributed by atoms with Gasteiger partial charge in [0.15, 0.2) is 0 Å². The lowest BCUT2D eigenvalue weighted by Crippen LogP contribution is -2.35. The highest BCUT2D eigenvalue weighted by atomic mass is 16.5. The first kappa shape index (κ1) is 25.6. The number of piperidine rings is 1.